The number of rotatable bonds is 2. The molecule has 26 heavy (non-hydrogen) atoms. The minimum absolute atomic E-state index is 0.0512. The Morgan fingerprint density at radius 2 is 2.00 bits per heavy atom. The molecule has 0 saturated carbocycles. The van der Waals surface area contributed by atoms with Crippen LogP contribution in [-0.4, -0.2) is 38.8 Å². The van der Waals surface area contributed by atoms with Gasteiger partial charge in [-0.3, -0.25) is 9.78 Å². The van der Waals surface area contributed by atoms with Crippen molar-refractivity contribution in [3.05, 3.63) is 46.5 Å². The summed E-state index contributed by atoms with van der Waals surface area (Å²) in [6.07, 6.45) is 6.35. The van der Waals surface area contributed by atoms with Gasteiger partial charge in [0, 0.05) is 36.1 Å². The molecule has 1 spiro atoms. The third kappa shape index (κ3) is 3.04. The largest absolute Gasteiger partial charge is 0.368 e. The van der Waals surface area contributed by atoms with Crippen LogP contribution in [0, 0.1) is 13.8 Å². The molecule has 1 atom stereocenters. The monoisotopic (exact) mass is 351 g/mol. The van der Waals surface area contributed by atoms with Crippen LogP contribution in [0.5, 0.6) is 0 Å². The Labute approximate surface area is 153 Å². The molecule has 2 aromatic rings. The van der Waals surface area contributed by atoms with Gasteiger partial charge >= 0.3 is 0 Å². The summed E-state index contributed by atoms with van der Waals surface area (Å²) in [4.78, 5) is 28.1. The van der Waals surface area contributed by atoms with Gasteiger partial charge in [0.05, 0.1) is 12.1 Å². The predicted molar refractivity (Wildman–Crippen MR) is 99.7 cm³/mol. The zero-order valence-electron chi connectivity index (χ0n) is 15.5. The zero-order chi connectivity index (χ0) is 18.3. The van der Waals surface area contributed by atoms with Crippen molar-refractivity contribution in [1.29, 1.82) is 0 Å². The molecule has 1 aliphatic heterocycles. The van der Waals surface area contributed by atoms with Crippen LogP contribution in [0.2, 0.25) is 0 Å². The number of amides is 1. The van der Waals surface area contributed by atoms with E-state index in [1.165, 1.54) is 5.56 Å². The Kier molecular flexibility index (Phi) is 4.13. The highest BCUT2D eigenvalue weighted by Crippen LogP contribution is 2.44. The number of carbonyl (C=O) groups excluding carboxylic acids is 1. The number of likely N-dealkylation sites (tertiary alicyclic amines) is 1. The molecule has 4 rings (SSSR count). The molecule has 6 nitrogen and oxygen atoms in total. The molecular formula is C20H25N5O. The van der Waals surface area contributed by atoms with E-state index < -0.39 is 0 Å². The highest BCUT2D eigenvalue weighted by atomic mass is 16.2. The van der Waals surface area contributed by atoms with Gasteiger partial charge in [0.2, 0.25) is 11.9 Å². The standard InChI is InChI=1S/C20H25N5O/c1-13-8-15(9-14(2)23-13)10-17(26)25-7-3-5-20(12-25)6-4-16-11-22-19(21)24-18(16)20/h8-9,11H,3-7,10,12H2,1-2H3,(H2,21,22,24). The van der Waals surface area contributed by atoms with Crippen LogP contribution in [0.25, 0.3) is 0 Å². The lowest BCUT2D eigenvalue weighted by molar-refractivity contribution is -0.132. The number of pyridine rings is 1. The van der Waals surface area contributed by atoms with E-state index in [9.17, 15) is 4.79 Å². The Balaban J connectivity index is 1.54. The molecule has 1 fully saturated rings. The van der Waals surface area contributed by atoms with Crippen molar-refractivity contribution in [1.82, 2.24) is 19.9 Å². The number of anilines is 1. The second-order valence-corrected chi connectivity index (χ2v) is 7.74. The van der Waals surface area contributed by atoms with Crippen molar-refractivity contribution in [3.63, 3.8) is 0 Å². The summed E-state index contributed by atoms with van der Waals surface area (Å²) < 4.78 is 0. The van der Waals surface area contributed by atoms with Crippen LogP contribution >= 0.6 is 0 Å². The average molecular weight is 351 g/mol. The maximum Gasteiger partial charge on any atom is 0.227 e. The molecule has 1 unspecified atom stereocenters. The SMILES string of the molecule is Cc1cc(CC(=O)N2CCCC3(CCc4cnc(N)nc43)C2)cc(C)n1. The first-order valence-electron chi connectivity index (χ1n) is 9.29. The van der Waals surface area contributed by atoms with E-state index in [2.05, 4.69) is 15.0 Å². The minimum atomic E-state index is -0.0512. The molecule has 1 saturated heterocycles. The van der Waals surface area contributed by atoms with Gasteiger partial charge in [-0.1, -0.05) is 0 Å². The number of nitrogens with zero attached hydrogens (tertiary/aromatic N) is 4. The van der Waals surface area contributed by atoms with Gasteiger partial charge in [-0.05, 0) is 62.8 Å². The van der Waals surface area contributed by atoms with Gasteiger partial charge in [0.1, 0.15) is 0 Å². The van der Waals surface area contributed by atoms with Crippen LogP contribution in [0.1, 0.15) is 47.5 Å². The fourth-order valence-corrected chi connectivity index (χ4v) is 4.61. The lowest BCUT2D eigenvalue weighted by Crippen LogP contribution is -2.48. The van der Waals surface area contributed by atoms with E-state index >= 15 is 0 Å². The quantitative estimate of drug-likeness (QED) is 0.896. The van der Waals surface area contributed by atoms with Crippen molar-refractivity contribution in [3.8, 4) is 0 Å². The summed E-state index contributed by atoms with van der Waals surface area (Å²) >= 11 is 0. The first kappa shape index (κ1) is 16.9. The molecule has 3 heterocycles. The van der Waals surface area contributed by atoms with Gasteiger partial charge in [0.25, 0.3) is 0 Å². The van der Waals surface area contributed by atoms with E-state index in [0.717, 1.165) is 61.4 Å². The fraction of sp³-hybridized carbons (Fsp3) is 0.500. The first-order chi connectivity index (χ1) is 12.4. The number of fused-ring (bicyclic) bond motifs is 2. The highest BCUT2D eigenvalue weighted by Gasteiger charge is 2.44. The smallest absolute Gasteiger partial charge is 0.227 e. The molecule has 6 heteroatoms. The van der Waals surface area contributed by atoms with Crippen LogP contribution in [-0.2, 0) is 23.1 Å². The fourth-order valence-electron chi connectivity index (χ4n) is 4.61. The van der Waals surface area contributed by atoms with E-state index in [4.69, 9.17) is 5.73 Å². The predicted octanol–water partition coefficient (Wildman–Crippen LogP) is 2.12. The van der Waals surface area contributed by atoms with Gasteiger partial charge in [-0.2, -0.15) is 0 Å². The van der Waals surface area contributed by atoms with Crippen molar-refractivity contribution in [2.24, 2.45) is 0 Å². The molecule has 2 aromatic heterocycles. The van der Waals surface area contributed by atoms with Crippen molar-refractivity contribution in [2.45, 2.75) is 51.4 Å². The van der Waals surface area contributed by atoms with E-state index in [1.807, 2.05) is 37.1 Å². The van der Waals surface area contributed by atoms with Crippen molar-refractivity contribution >= 4 is 11.9 Å². The van der Waals surface area contributed by atoms with Gasteiger partial charge in [0.15, 0.2) is 0 Å². The summed E-state index contributed by atoms with van der Waals surface area (Å²) in [5.74, 6) is 0.515. The molecule has 136 valence electrons. The van der Waals surface area contributed by atoms with E-state index in [1.54, 1.807) is 0 Å². The molecule has 1 aliphatic carbocycles. The first-order valence-corrected chi connectivity index (χ1v) is 9.29. The highest BCUT2D eigenvalue weighted by molar-refractivity contribution is 5.79. The minimum Gasteiger partial charge on any atom is -0.368 e. The normalized spacial score (nSPS) is 21.8. The molecule has 2 aliphatic rings. The van der Waals surface area contributed by atoms with Gasteiger partial charge in [-0.15, -0.1) is 0 Å². The summed E-state index contributed by atoms with van der Waals surface area (Å²) in [7, 11) is 0. The topological polar surface area (TPSA) is 85.0 Å². The molecule has 0 bridgehead atoms. The average Bonchev–Trinajstić information content (AvgIpc) is 2.91. The molecule has 2 N–H and O–H groups in total. The summed E-state index contributed by atoms with van der Waals surface area (Å²) in [6.45, 7) is 5.49. The van der Waals surface area contributed by atoms with Crippen LogP contribution in [0.3, 0.4) is 0 Å². The molecule has 1 amide bonds. The third-order valence-corrected chi connectivity index (χ3v) is 5.68. The number of nitrogens with two attached hydrogens (primary N) is 1. The second-order valence-electron chi connectivity index (χ2n) is 7.74. The van der Waals surface area contributed by atoms with Gasteiger partial charge < -0.3 is 10.6 Å². The van der Waals surface area contributed by atoms with Crippen molar-refractivity contribution < 1.29 is 4.79 Å². The molecule has 0 radical (unpaired) electrons. The summed E-state index contributed by atoms with van der Waals surface area (Å²) in [6, 6.07) is 4.01. The number of hydrogen-bond donors (Lipinski definition) is 1. The Morgan fingerprint density at radius 3 is 2.77 bits per heavy atom. The van der Waals surface area contributed by atoms with Crippen LogP contribution in [0.4, 0.5) is 5.95 Å². The van der Waals surface area contributed by atoms with Crippen LogP contribution in [0.15, 0.2) is 18.3 Å². The van der Waals surface area contributed by atoms with Crippen LogP contribution < -0.4 is 5.73 Å². The van der Waals surface area contributed by atoms with E-state index in [0.29, 0.717) is 12.4 Å². The lowest BCUT2D eigenvalue weighted by Gasteiger charge is -2.40. The Morgan fingerprint density at radius 1 is 1.23 bits per heavy atom. The maximum atomic E-state index is 13.0. The molecular weight excluding hydrogens is 326 g/mol. The Hall–Kier alpha value is -2.50. The number of hydrogen-bond acceptors (Lipinski definition) is 5. The number of piperidine rings is 1. The summed E-state index contributed by atoms with van der Waals surface area (Å²) in [5, 5.41) is 0. The lowest BCUT2D eigenvalue weighted by atomic mass is 9.77. The number of carbonyl (C=O) groups is 1. The van der Waals surface area contributed by atoms with Crippen molar-refractivity contribution in [2.75, 3.05) is 18.8 Å². The van der Waals surface area contributed by atoms with E-state index in [-0.39, 0.29) is 11.3 Å². The third-order valence-electron chi connectivity index (χ3n) is 5.68. The second kappa shape index (κ2) is 6.34. The summed E-state index contributed by atoms with van der Waals surface area (Å²) in [5.41, 5.74) is 11.0. The molecule has 0 aromatic carbocycles. The number of nitrogen functional groups attached to an aromatic ring is 1. The maximum absolute atomic E-state index is 13.0. The Bertz CT molecular complexity index is 841. The number of aryl methyl sites for hydroxylation is 3. The number of aromatic nitrogens is 3. The zero-order valence-corrected chi connectivity index (χ0v) is 15.5. The van der Waals surface area contributed by atoms with Gasteiger partial charge in [-0.25, -0.2) is 9.97 Å².